The molecule has 196 valence electrons. The molecule has 0 fully saturated rings. The van der Waals surface area contributed by atoms with E-state index in [4.69, 9.17) is 0 Å². The summed E-state index contributed by atoms with van der Waals surface area (Å²) >= 11 is 0. The van der Waals surface area contributed by atoms with Crippen LogP contribution in [0.5, 0.6) is 0 Å². The number of amides is 2. The maximum Gasteiger partial charge on any atom is 0.249 e. The Morgan fingerprint density at radius 3 is 2.29 bits per heavy atom. The summed E-state index contributed by atoms with van der Waals surface area (Å²) in [4.78, 5) is 41.6. The van der Waals surface area contributed by atoms with Crippen molar-refractivity contribution in [1.82, 2.24) is 20.3 Å². The van der Waals surface area contributed by atoms with Crippen LogP contribution >= 0.6 is 0 Å². The van der Waals surface area contributed by atoms with Gasteiger partial charge >= 0.3 is 0 Å². The number of Topliss-reactive ketones (excluding diaryl/α,β-unsaturated/α-hetero) is 1. The van der Waals surface area contributed by atoms with Crippen molar-refractivity contribution < 1.29 is 14.4 Å². The zero-order valence-electron chi connectivity index (χ0n) is 22.4. The smallest absolute Gasteiger partial charge is 0.249 e. The van der Waals surface area contributed by atoms with Gasteiger partial charge in [-0.2, -0.15) is 0 Å². The molecule has 0 aliphatic rings. The zero-order valence-corrected chi connectivity index (χ0v) is 22.4. The fourth-order valence-corrected chi connectivity index (χ4v) is 4.31. The third kappa shape index (κ3) is 5.64. The van der Waals surface area contributed by atoms with E-state index < -0.39 is 11.6 Å². The standard InChI is InChI=1S/C30H33N5O3/c1-6-30(4,5)31-29(38)28(24-12-8-7-11-20(24)2)35(23-17-15-22(16-18-23)21(3)36)27(37)19-34-26-14-10-9-13-25(26)32-33-34/h7-18,28H,6,19H2,1-5H3,(H,31,38). The fourth-order valence-electron chi connectivity index (χ4n) is 4.31. The molecule has 1 atom stereocenters. The number of carbonyl (C=O) groups is 3. The number of hydrogen-bond donors (Lipinski definition) is 1. The van der Waals surface area contributed by atoms with Crippen molar-refractivity contribution in [3.05, 3.63) is 89.5 Å². The van der Waals surface area contributed by atoms with Crippen molar-refractivity contribution in [3.63, 3.8) is 0 Å². The molecule has 0 aliphatic heterocycles. The van der Waals surface area contributed by atoms with Gasteiger partial charge in [-0.25, -0.2) is 4.68 Å². The Morgan fingerprint density at radius 1 is 0.974 bits per heavy atom. The number of aryl methyl sites for hydroxylation is 1. The first-order valence-electron chi connectivity index (χ1n) is 12.7. The van der Waals surface area contributed by atoms with Crippen molar-refractivity contribution in [2.45, 2.75) is 59.2 Å². The van der Waals surface area contributed by atoms with Crippen LogP contribution in [0.25, 0.3) is 11.0 Å². The molecule has 1 N–H and O–H groups in total. The highest BCUT2D eigenvalue weighted by Gasteiger charge is 2.36. The van der Waals surface area contributed by atoms with Crippen LogP contribution in [0.2, 0.25) is 0 Å². The molecule has 38 heavy (non-hydrogen) atoms. The molecule has 0 aliphatic carbocycles. The second-order valence-electron chi connectivity index (χ2n) is 10.1. The molecule has 4 aromatic rings. The lowest BCUT2D eigenvalue weighted by atomic mass is 9.95. The van der Waals surface area contributed by atoms with Crippen LogP contribution in [0.15, 0.2) is 72.8 Å². The normalized spacial score (nSPS) is 12.2. The third-order valence-electron chi connectivity index (χ3n) is 6.86. The molecule has 2 amide bonds. The highest BCUT2D eigenvalue weighted by Crippen LogP contribution is 2.31. The summed E-state index contributed by atoms with van der Waals surface area (Å²) in [6.45, 7) is 9.20. The van der Waals surface area contributed by atoms with E-state index in [1.807, 2.05) is 76.2 Å². The largest absolute Gasteiger partial charge is 0.349 e. The highest BCUT2D eigenvalue weighted by molar-refractivity contribution is 6.02. The van der Waals surface area contributed by atoms with Gasteiger partial charge in [-0.1, -0.05) is 48.5 Å². The van der Waals surface area contributed by atoms with Gasteiger partial charge in [0.05, 0.1) is 5.52 Å². The van der Waals surface area contributed by atoms with Crippen molar-refractivity contribution in [1.29, 1.82) is 0 Å². The van der Waals surface area contributed by atoms with Gasteiger partial charge in [0.25, 0.3) is 0 Å². The number of nitrogens with zero attached hydrogens (tertiary/aromatic N) is 4. The number of carbonyl (C=O) groups excluding carboxylic acids is 3. The SMILES string of the molecule is CCC(C)(C)NC(=O)C(c1ccccc1C)N(C(=O)Cn1nnc2ccccc21)c1ccc(C(C)=O)cc1. The summed E-state index contributed by atoms with van der Waals surface area (Å²) in [7, 11) is 0. The van der Waals surface area contributed by atoms with Crippen molar-refractivity contribution in [2.24, 2.45) is 0 Å². The van der Waals surface area contributed by atoms with E-state index >= 15 is 0 Å². The third-order valence-corrected chi connectivity index (χ3v) is 6.86. The van der Waals surface area contributed by atoms with Crippen molar-refractivity contribution >= 4 is 34.3 Å². The first-order valence-corrected chi connectivity index (χ1v) is 12.7. The van der Waals surface area contributed by atoms with E-state index in [9.17, 15) is 14.4 Å². The molecule has 0 spiro atoms. The van der Waals surface area contributed by atoms with Crippen LogP contribution in [0.3, 0.4) is 0 Å². The number of anilines is 1. The molecular weight excluding hydrogens is 478 g/mol. The van der Waals surface area contributed by atoms with E-state index in [1.54, 1.807) is 24.3 Å². The van der Waals surface area contributed by atoms with Gasteiger partial charge in [-0.3, -0.25) is 19.3 Å². The summed E-state index contributed by atoms with van der Waals surface area (Å²) in [6.07, 6.45) is 0.714. The molecule has 8 nitrogen and oxygen atoms in total. The number of benzene rings is 3. The van der Waals surface area contributed by atoms with Gasteiger partial charge in [0.2, 0.25) is 11.8 Å². The minimum absolute atomic E-state index is 0.0820. The van der Waals surface area contributed by atoms with E-state index in [0.29, 0.717) is 28.8 Å². The van der Waals surface area contributed by atoms with Crippen LogP contribution < -0.4 is 10.2 Å². The average molecular weight is 512 g/mol. The lowest BCUT2D eigenvalue weighted by Gasteiger charge is -2.35. The van der Waals surface area contributed by atoms with Crippen LogP contribution in [-0.2, 0) is 16.1 Å². The van der Waals surface area contributed by atoms with E-state index in [0.717, 1.165) is 11.1 Å². The monoisotopic (exact) mass is 511 g/mol. The number of hydrogen-bond acceptors (Lipinski definition) is 5. The maximum atomic E-state index is 14.1. The Bertz CT molecular complexity index is 1470. The van der Waals surface area contributed by atoms with Gasteiger partial charge in [-0.15, -0.1) is 5.10 Å². The van der Waals surface area contributed by atoms with Crippen molar-refractivity contribution in [2.75, 3.05) is 4.90 Å². The lowest BCUT2D eigenvalue weighted by Crippen LogP contribution is -2.51. The Balaban J connectivity index is 1.85. The number of para-hydroxylation sites is 1. The predicted octanol–water partition coefficient (Wildman–Crippen LogP) is 5.02. The summed E-state index contributed by atoms with van der Waals surface area (Å²) in [5.74, 6) is -0.714. The first kappa shape index (κ1) is 26.7. The molecule has 0 radical (unpaired) electrons. The number of nitrogens with one attached hydrogen (secondary N) is 1. The summed E-state index contributed by atoms with van der Waals surface area (Å²) < 4.78 is 1.54. The number of aromatic nitrogens is 3. The van der Waals surface area contributed by atoms with E-state index in [2.05, 4.69) is 15.6 Å². The second-order valence-corrected chi connectivity index (χ2v) is 10.1. The molecular formula is C30H33N5O3. The minimum atomic E-state index is -0.951. The fraction of sp³-hybridized carbons (Fsp3) is 0.300. The number of rotatable bonds is 9. The molecule has 0 saturated carbocycles. The van der Waals surface area contributed by atoms with Gasteiger partial charge in [-0.05, 0) is 81.6 Å². The average Bonchev–Trinajstić information content (AvgIpc) is 3.30. The molecule has 0 bridgehead atoms. The zero-order chi connectivity index (χ0) is 27.4. The molecule has 3 aromatic carbocycles. The van der Waals surface area contributed by atoms with Gasteiger partial charge in [0.15, 0.2) is 5.78 Å². The Kier molecular flexibility index (Phi) is 7.71. The van der Waals surface area contributed by atoms with Gasteiger partial charge < -0.3 is 5.32 Å². The Hall–Kier alpha value is -4.33. The minimum Gasteiger partial charge on any atom is -0.349 e. The maximum absolute atomic E-state index is 14.1. The molecule has 1 aromatic heterocycles. The summed E-state index contributed by atoms with van der Waals surface area (Å²) in [5, 5.41) is 11.5. The van der Waals surface area contributed by atoms with Crippen molar-refractivity contribution in [3.8, 4) is 0 Å². The van der Waals surface area contributed by atoms with Gasteiger partial charge in [0.1, 0.15) is 18.1 Å². The second kappa shape index (κ2) is 11.0. The van der Waals surface area contributed by atoms with Crippen LogP contribution in [0.1, 0.15) is 61.6 Å². The molecule has 0 saturated heterocycles. The summed E-state index contributed by atoms with van der Waals surface area (Å²) in [6, 6.07) is 20.8. The van der Waals surface area contributed by atoms with E-state index in [1.165, 1.54) is 16.5 Å². The highest BCUT2D eigenvalue weighted by atomic mass is 16.2. The van der Waals surface area contributed by atoms with Crippen LogP contribution in [0, 0.1) is 6.92 Å². The number of fused-ring (bicyclic) bond motifs is 1. The van der Waals surface area contributed by atoms with Gasteiger partial charge in [0, 0.05) is 16.8 Å². The van der Waals surface area contributed by atoms with Crippen LogP contribution in [0.4, 0.5) is 5.69 Å². The first-order chi connectivity index (χ1) is 18.1. The Morgan fingerprint density at radius 2 is 1.63 bits per heavy atom. The summed E-state index contributed by atoms with van der Waals surface area (Å²) in [5.41, 5.74) is 3.53. The quantitative estimate of drug-likeness (QED) is 0.318. The molecule has 8 heteroatoms. The number of ketones is 1. The van der Waals surface area contributed by atoms with E-state index in [-0.39, 0.29) is 24.1 Å². The molecule has 4 rings (SSSR count). The lowest BCUT2D eigenvalue weighted by molar-refractivity contribution is -0.128. The van der Waals surface area contributed by atoms with Crippen LogP contribution in [-0.4, -0.2) is 38.1 Å². The molecule has 1 heterocycles. The predicted molar refractivity (Wildman–Crippen MR) is 148 cm³/mol. The topological polar surface area (TPSA) is 97.2 Å². The Labute approximate surface area is 222 Å². The molecule has 1 unspecified atom stereocenters.